The number of pyridine rings is 1. The molecule has 1 unspecified atom stereocenters. The molecule has 1 aliphatic carbocycles. The number of nitrogens with zero attached hydrogens (tertiary/aromatic N) is 1. The van der Waals surface area contributed by atoms with Gasteiger partial charge in [0, 0.05) is 24.0 Å². The first kappa shape index (κ1) is 12.1. The topological polar surface area (TPSA) is 34.2 Å². The molecule has 0 fully saturated rings. The van der Waals surface area contributed by atoms with Crippen LogP contribution in [0.25, 0.3) is 5.57 Å². The monoisotopic (exact) mass is 232 g/mol. The third kappa shape index (κ3) is 2.86. The van der Waals surface area contributed by atoms with Gasteiger partial charge in [-0.2, -0.15) is 0 Å². The van der Waals surface area contributed by atoms with Crippen LogP contribution in [-0.4, -0.2) is 24.7 Å². The van der Waals surface area contributed by atoms with Crippen LogP contribution in [0.3, 0.4) is 0 Å². The molecule has 1 atom stereocenters. The Morgan fingerprint density at radius 3 is 3.18 bits per heavy atom. The number of likely N-dealkylation sites (N-methyl/N-ethyl adjacent to an activating group) is 1. The van der Waals surface area contributed by atoms with Gasteiger partial charge in [0.05, 0.1) is 7.11 Å². The highest BCUT2D eigenvalue weighted by Crippen LogP contribution is 2.32. The number of hydrogen-bond acceptors (Lipinski definition) is 3. The van der Waals surface area contributed by atoms with Crippen LogP contribution < -0.4 is 10.1 Å². The van der Waals surface area contributed by atoms with E-state index < -0.39 is 0 Å². The third-order valence-electron chi connectivity index (χ3n) is 3.18. The summed E-state index contributed by atoms with van der Waals surface area (Å²) in [5.41, 5.74) is 2.49. The summed E-state index contributed by atoms with van der Waals surface area (Å²) in [4.78, 5) is 4.20. The van der Waals surface area contributed by atoms with Crippen molar-refractivity contribution >= 4 is 5.57 Å². The molecule has 1 N–H and O–H groups in total. The molecular formula is C14H20N2O. The summed E-state index contributed by atoms with van der Waals surface area (Å²) < 4.78 is 5.39. The van der Waals surface area contributed by atoms with Gasteiger partial charge in [-0.15, -0.1) is 0 Å². The van der Waals surface area contributed by atoms with E-state index in [1.54, 1.807) is 13.3 Å². The zero-order valence-corrected chi connectivity index (χ0v) is 10.6. The Kier molecular flexibility index (Phi) is 4.15. The van der Waals surface area contributed by atoms with Gasteiger partial charge in [-0.1, -0.05) is 13.0 Å². The highest BCUT2D eigenvalue weighted by atomic mass is 16.5. The Morgan fingerprint density at radius 2 is 2.41 bits per heavy atom. The van der Waals surface area contributed by atoms with Crippen LogP contribution in [-0.2, 0) is 0 Å². The molecule has 3 nitrogen and oxygen atoms in total. The van der Waals surface area contributed by atoms with Crippen LogP contribution in [0.4, 0.5) is 0 Å². The van der Waals surface area contributed by atoms with Crippen LogP contribution in [0.5, 0.6) is 5.75 Å². The van der Waals surface area contributed by atoms with Crippen LogP contribution in [0.15, 0.2) is 24.5 Å². The zero-order chi connectivity index (χ0) is 12.1. The summed E-state index contributed by atoms with van der Waals surface area (Å²) in [6.45, 7) is 3.16. The van der Waals surface area contributed by atoms with Gasteiger partial charge in [0.1, 0.15) is 5.75 Å². The van der Waals surface area contributed by atoms with Gasteiger partial charge >= 0.3 is 0 Å². The van der Waals surface area contributed by atoms with E-state index in [0.717, 1.165) is 24.3 Å². The van der Waals surface area contributed by atoms with Gasteiger partial charge in [-0.05, 0) is 37.4 Å². The fourth-order valence-corrected chi connectivity index (χ4v) is 2.37. The predicted octanol–water partition coefficient (Wildman–Crippen LogP) is 2.64. The molecule has 3 heteroatoms. The highest BCUT2D eigenvalue weighted by Gasteiger charge is 2.16. The summed E-state index contributed by atoms with van der Waals surface area (Å²) in [5.74, 6) is 0.920. The fourth-order valence-electron chi connectivity index (χ4n) is 2.37. The molecule has 0 bridgehead atoms. The molecule has 0 spiro atoms. The number of allylic oxidation sites excluding steroid dienone is 1. The summed E-state index contributed by atoms with van der Waals surface area (Å²) in [7, 11) is 1.71. The van der Waals surface area contributed by atoms with Crippen molar-refractivity contribution in [3.05, 3.63) is 30.1 Å². The summed E-state index contributed by atoms with van der Waals surface area (Å²) in [6.07, 6.45) is 9.56. The molecule has 17 heavy (non-hydrogen) atoms. The van der Waals surface area contributed by atoms with Crippen molar-refractivity contribution < 1.29 is 4.74 Å². The van der Waals surface area contributed by atoms with Gasteiger partial charge in [-0.25, -0.2) is 0 Å². The molecule has 0 aromatic carbocycles. The summed E-state index contributed by atoms with van der Waals surface area (Å²) in [6, 6.07) is 2.42. The van der Waals surface area contributed by atoms with E-state index in [2.05, 4.69) is 23.3 Å². The number of rotatable bonds is 4. The number of nitrogens with one attached hydrogen (secondary N) is 1. The molecule has 0 radical (unpaired) electrons. The van der Waals surface area contributed by atoms with Crippen LogP contribution in [0.1, 0.15) is 31.7 Å². The van der Waals surface area contributed by atoms with Crippen LogP contribution >= 0.6 is 0 Å². The summed E-state index contributed by atoms with van der Waals surface area (Å²) >= 11 is 0. The van der Waals surface area contributed by atoms with Gasteiger partial charge in [0.2, 0.25) is 0 Å². The van der Waals surface area contributed by atoms with E-state index in [4.69, 9.17) is 4.74 Å². The van der Waals surface area contributed by atoms with Crippen molar-refractivity contribution in [2.75, 3.05) is 13.7 Å². The Hall–Kier alpha value is -1.35. The quantitative estimate of drug-likeness (QED) is 0.866. The minimum Gasteiger partial charge on any atom is -0.496 e. The minimum atomic E-state index is 0.494. The maximum Gasteiger partial charge on any atom is 0.129 e. The van der Waals surface area contributed by atoms with Gasteiger partial charge < -0.3 is 10.1 Å². The van der Waals surface area contributed by atoms with Crippen LogP contribution in [0, 0.1) is 0 Å². The normalized spacial score (nSPS) is 19.9. The van der Waals surface area contributed by atoms with Gasteiger partial charge in [-0.3, -0.25) is 4.98 Å². The van der Waals surface area contributed by atoms with E-state index in [1.807, 2.05) is 12.3 Å². The Bertz CT molecular complexity index is 401. The Labute approximate surface area is 103 Å². The molecule has 0 aliphatic heterocycles. The van der Waals surface area contributed by atoms with E-state index in [9.17, 15) is 0 Å². The lowest BCUT2D eigenvalue weighted by atomic mass is 9.91. The van der Waals surface area contributed by atoms with Crippen LogP contribution in [0.2, 0.25) is 0 Å². The lowest BCUT2D eigenvalue weighted by Crippen LogP contribution is -2.28. The Balaban J connectivity index is 2.26. The van der Waals surface area contributed by atoms with E-state index in [0.29, 0.717) is 6.04 Å². The molecule has 1 aliphatic rings. The van der Waals surface area contributed by atoms with Gasteiger partial charge in [0.15, 0.2) is 0 Å². The molecular weight excluding hydrogens is 212 g/mol. The minimum absolute atomic E-state index is 0.494. The maximum absolute atomic E-state index is 5.39. The van der Waals surface area contributed by atoms with Crippen molar-refractivity contribution in [2.45, 2.75) is 32.2 Å². The largest absolute Gasteiger partial charge is 0.496 e. The first-order chi connectivity index (χ1) is 8.35. The predicted molar refractivity (Wildman–Crippen MR) is 70.1 cm³/mol. The third-order valence-corrected chi connectivity index (χ3v) is 3.18. The average Bonchev–Trinajstić information content (AvgIpc) is 2.39. The van der Waals surface area contributed by atoms with E-state index in [1.165, 1.54) is 18.4 Å². The van der Waals surface area contributed by atoms with Crippen molar-refractivity contribution in [3.63, 3.8) is 0 Å². The first-order valence-corrected chi connectivity index (χ1v) is 6.27. The molecule has 0 saturated carbocycles. The lowest BCUT2D eigenvalue weighted by Gasteiger charge is -2.22. The van der Waals surface area contributed by atoms with Gasteiger partial charge in [0.25, 0.3) is 0 Å². The highest BCUT2D eigenvalue weighted by molar-refractivity contribution is 5.70. The second-order valence-corrected chi connectivity index (χ2v) is 4.32. The first-order valence-electron chi connectivity index (χ1n) is 6.27. The molecule has 1 heterocycles. The fraction of sp³-hybridized carbons (Fsp3) is 0.500. The second-order valence-electron chi connectivity index (χ2n) is 4.32. The number of methoxy groups -OCH3 is 1. The molecule has 0 amide bonds. The van der Waals surface area contributed by atoms with Crippen molar-refractivity contribution in [3.8, 4) is 5.75 Å². The number of ether oxygens (including phenoxy) is 1. The van der Waals surface area contributed by atoms with E-state index >= 15 is 0 Å². The summed E-state index contributed by atoms with van der Waals surface area (Å²) in [5, 5.41) is 3.48. The zero-order valence-electron chi connectivity index (χ0n) is 10.6. The second kappa shape index (κ2) is 5.82. The molecule has 1 aromatic rings. The van der Waals surface area contributed by atoms with Crippen molar-refractivity contribution in [1.29, 1.82) is 0 Å². The smallest absolute Gasteiger partial charge is 0.129 e. The molecule has 2 rings (SSSR count). The molecule has 0 saturated heterocycles. The molecule has 92 valence electrons. The van der Waals surface area contributed by atoms with Crippen molar-refractivity contribution in [1.82, 2.24) is 10.3 Å². The molecule has 1 aromatic heterocycles. The van der Waals surface area contributed by atoms with E-state index in [-0.39, 0.29) is 0 Å². The number of hydrogen-bond donors (Lipinski definition) is 1. The lowest BCUT2D eigenvalue weighted by molar-refractivity contribution is 0.412. The van der Waals surface area contributed by atoms with Crippen molar-refractivity contribution in [2.24, 2.45) is 0 Å². The SMILES string of the molecule is CCNC1C=C(c2cnccc2OC)CCC1. The maximum atomic E-state index is 5.39. The standard InChI is InChI=1S/C14H20N2O/c1-3-16-12-6-4-5-11(9-12)13-10-15-8-7-14(13)17-2/h7-10,12,16H,3-6H2,1-2H3. The number of aromatic nitrogens is 1. The Morgan fingerprint density at radius 1 is 1.53 bits per heavy atom. The average molecular weight is 232 g/mol.